The number of quaternary nitrogens is 1. The first kappa shape index (κ1) is 13.8. The molecule has 0 heterocycles. The summed E-state index contributed by atoms with van der Waals surface area (Å²) in [5.41, 5.74) is 2.44. The molecule has 80 valence electrons. The second-order valence-corrected chi connectivity index (χ2v) is 4.94. The highest BCUT2D eigenvalue weighted by Gasteiger charge is 2.08. The predicted molar refractivity (Wildman–Crippen MR) is 57.9 cm³/mol. The highest BCUT2D eigenvalue weighted by Crippen LogP contribution is 2.18. The zero-order valence-corrected chi connectivity index (χ0v) is 10.7. The first-order valence-corrected chi connectivity index (χ1v) is 4.82. The molecular weight excluding hydrogens is 217 g/mol. The van der Waals surface area contributed by atoms with Crippen LogP contribution in [0, 0.1) is 6.92 Å². The van der Waals surface area contributed by atoms with E-state index in [-0.39, 0.29) is 12.4 Å². The Balaban J connectivity index is 0.00000169. The van der Waals surface area contributed by atoms with Gasteiger partial charge in [-0.25, -0.2) is 0 Å². The number of halogens is 2. The van der Waals surface area contributed by atoms with E-state index in [9.17, 15) is 0 Å². The zero-order valence-electron chi connectivity index (χ0n) is 9.14. The standard InChI is InChI=1S/C11H17ClN.ClH/c1-9-5-6-10(7-11(9)12)8-13(2,3)4;/h5-7H,8H2,1-4H3;1H/q+1;/p-1. The number of benzene rings is 1. The molecule has 14 heavy (non-hydrogen) atoms. The first-order chi connectivity index (χ1) is 5.88. The van der Waals surface area contributed by atoms with Crippen molar-refractivity contribution in [2.24, 2.45) is 0 Å². The fourth-order valence-corrected chi connectivity index (χ4v) is 1.49. The summed E-state index contributed by atoms with van der Waals surface area (Å²) >= 11 is 6.04. The van der Waals surface area contributed by atoms with Crippen LogP contribution in [0.3, 0.4) is 0 Å². The lowest BCUT2D eigenvalue weighted by Gasteiger charge is -2.24. The molecule has 0 saturated heterocycles. The first-order valence-electron chi connectivity index (χ1n) is 4.44. The van der Waals surface area contributed by atoms with Crippen molar-refractivity contribution in [3.63, 3.8) is 0 Å². The highest BCUT2D eigenvalue weighted by molar-refractivity contribution is 6.31. The van der Waals surface area contributed by atoms with Crippen LogP contribution in [-0.4, -0.2) is 25.6 Å². The van der Waals surface area contributed by atoms with Crippen molar-refractivity contribution in [3.05, 3.63) is 34.3 Å². The van der Waals surface area contributed by atoms with E-state index in [4.69, 9.17) is 11.6 Å². The van der Waals surface area contributed by atoms with Gasteiger partial charge in [0.15, 0.2) is 0 Å². The minimum absolute atomic E-state index is 0. The molecule has 1 rings (SSSR count). The van der Waals surface area contributed by atoms with Gasteiger partial charge in [-0.2, -0.15) is 0 Å². The SMILES string of the molecule is Cc1ccc(C[N+](C)(C)C)cc1Cl.[Cl-]. The van der Waals surface area contributed by atoms with Crippen LogP contribution in [0.25, 0.3) is 0 Å². The number of hydrogen-bond acceptors (Lipinski definition) is 0. The van der Waals surface area contributed by atoms with E-state index < -0.39 is 0 Å². The van der Waals surface area contributed by atoms with Gasteiger partial charge in [0.25, 0.3) is 0 Å². The van der Waals surface area contributed by atoms with Gasteiger partial charge in [-0.1, -0.05) is 23.7 Å². The zero-order chi connectivity index (χ0) is 10.1. The van der Waals surface area contributed by atoms with Crippen LogP contribution in [0.2, 0.25) is 5.02 Å². The van der Waals surface area contributed by atoms with Crippen molar-refractivity contribution < 1.29 is 16.9 Å². The molecule has 0 unspecified atom stereocenters. The minimum atomic E-state index is 0. The van der Waals surface area contributed by atoms with E-state index in [1.54, 1.807) is 0 Å². The normalized spacial score (nSPS) is 10.9. The molecule has 1 nitrogen and oxygen atoms in total. The van der Waals surface area contributed by atoms with E-state index in [0.29, 0.717) is 0 Å². The van der Waals surface area contributed by atoms with Crippen molar-refractivity contribution in [2.75, 3.05) is 21.1 Å². The molecule has 0 aliphatic heterocycles. The van der Waals surface area contributed by atoms with E-state index in [2.05, 4.69) is 39.3 Å². The molecule has 0 aromatic heterocycles. The average Bonchev–Trinajstić information content (AvgIpc) is 1.94. The summed E-state index contributed by atoms with van der Waals surface area (Å²) < 4.78 is 0.930. The van der Waals surface area contributed by atoms with E-state index >= 15 is 0 Å². The highest BCUT2D eigenvalue weighted by atomic mass is 35.5. The summed E-state index contributed by atoms with van der Waals surface area (Å²) in [7, 11) is 6.52. The number of aryl methyl sites for hydroxylation is 1. The number of nitrogens with zero attached hydrogens (tertiary/aromatic N) is 1. The molecule has 0 fully saturated rings. The maximum Gasteiger partial charge on any atom is 0.104 e. The molecule has 1 aromatic rings. The van der Waals surface area contributed by atoms with Crippen molar-refractivity contribution in [1.82, 2.24) is 0 Å². The van der Waals surface area contributed by atoms with Crippen LogP contribution < -0.4 is 12.4 Å². The lowest BCUT2D eigenvalue weighted by atomic mass is 10.1. The van der Waals surface area contributed by atoms with Crippen molar-refractivity contribution in [1.29, 1.82) is 0 Å². The fraction of sp³-hybridized carbons (Fsp3) is 0.455. The van der Waals surface area contributed by atoms with Crippen LogP contribution >= 0.6 is 11.6 Å². The van der Waals surface area contributed by atoms with Crippen molar-refractivity contribution >= 4 is 11.6 Å². The monoisotopic (exact) mass is 233 g/mol. The Morgan fingerprint density at radius 1 is 1.21 bits per heavy atom. The van der Waals surface area contributed by atoms with Gasteiger partial charge in [0.1, 0.15) is 6.54 Å². The second kappa shape index (κ2) is 5.01. The maximum absolute atomic E-state index is 6.04. The summed E-state index contributed by atoms with van der Waals surface area (Å²) in [5.74, 6) is 0. The number of rotatable bonds is 2. The molecule has 0 aliphatic rings. The van der Waals surface area contributed by atoms with E-state index in [1.807, 2.05) is 6.92 Å². The lowest BCUT2D eigenvalue weighted by molar-refractivity contribution is -0.884. The molecular formula is C11H17Cl2N. The summed E-state index contributed by atoms with van der Waals surface area (Å²) in [6.45, 7) is 3.04. The summed E-state index contributed by atoms with van der Waals surface area (Å²) in [5, 5.41) is 0.867. The largest absolute Gasteiger partial charge is 1.00 e. The molecule has 1 aromatic carbocycles. The van der Waals surface area contributed by atoms with Crippen LogP contribution in [0.1, 0.15) is 11.1 Å². The van der Waals surface area contributed by atoms with E-state index in [0.717, 1.165) is 21.6 Å². The number of hydrogen-bond donors (Lipinski definition) is 0. The Morgan fingerprint density at radius 3 is 2.21 bits per heavy atom. The molecule has 0 aliphatic carbocycles. The molecule has 0 radical (unpaired) electrons. The quantitative estimate of drug-likeness (QED) is 0.625. The Morgan fingerprint density at radius 2 is 1.79 bits per heavy atom. The summed E-state index contributed by atoms with van der Waals surface area (Å²) in [4.78, 5) is 0. The smallest absolute Gasteiger partial charge is 0.104 e. The summed E-state index contributed by atoms with van der Waals surface area (Å²) in [6, 6.07) is 6.28. The molecule has 0 spiro atoms. The minimum Gasteiger partial charge on any atom is -1.00 e. The third-order valence-corrected chi connectivity index (χ3v) is 2.30. The molecule has 3 heteroatoms. The Kier molecular flexibility index (Phi) is 4.93. The van der Waals surface area contributed by atoms with Gasteiger partial charge in [-0.3, -0.25) is 0 Å². The summed E-state index contributed by atoms with van der Waals surface area (Å²) in [6.07, 6.45) is 0. The Labute approximate surface area is 97.7 Å². The lowest BCUT2D eigenvalue weighted by Crippen LogP contribution is -3.00. The third kappa shape index (κ3) is 4.32. The Hall–Kier alpha value is -0.240. The molecule has 0 amide bonds. The molecule has 0 bridgehead atoms. The van der Waals surface area contributed by atoms with Crippen molar-refractivity contribution in [3.8, 4) is 0 Å². The predicted octanol–water partition coefficient (Wildman–Crippen LogP) is -0.141. The Bertz CT molecular complexity index is 303. The maximum atomic E-state index is 6.04. The molecule has 0 N–H and O–H groups in total. The van der Waals surface area contributed by atoms with Gasteiger partial charge in [0.2, 0.25) is 0 Å². The van der Waals surface area contributed by atoms with Gasteiger partial charge in [0, 0.05) is 10.6 Å². The van der Waals surface area contributed by atoms with Gasteiger partial charge >= 0.3 is 0 Å². The average molecular weight is 234 g/mol. The van der Waals surface area contributed by atoms with Crippen LogP contribution in [0.4, 0.5) is 0 Å². The van der Waals surface area contributed by atoms with Gasteiger partial charge in [-0.05, 0) is 18.6 Å². The van der Waals surface area contributed by atoms with Crippen LogP contribution in [0.5, 0.6) is 0 Å². The van der Waals surface area contributed by atoms with Crippen LogP contribution in [-0.2, 0) is 6.54 Å². The van der Waals surface area contributed by atoms with E-state index in [1.165, 1.54) is 5.56 Å². The van der Waals surface area contributed by atoms with Gasteiger partial charge in [-0.15, -0.1) is 0 Å². The van der Waals surface area contributed by atoms with Crippen LogP contribution in [0.15, 0.2) is 18.2 Å². The molecule has 0 atom stereocenters. The second-order valence-electron chi connectivity index (χ2n) is 4.53. The van der Waals surface area contributed by atoms with Gasteiger partial charge in [0.05, 0.1) is 21.1 Å². The van der Waals surface area contributed by atoms with Crippen molar-refractivity contribution in [2.45, 2.75) is 13.5 Å². The topological polar surface area (TPSA) is 0 Å². The third-order valence-electron chi connectivity index (χ3n) is 1.89. The van der Waals surface area contributed by atoms with Gasteiger partial charge < -0.3 is 16.9 Å². The molecule has 0 saturated carbocycles. The fourth-order valence-electron chi connectivity index (χ4n) is 1.28.